The van der Waals surface area contributed by atoms with Crippen LogP contribution in [0.2, 0.25) is 5.02 Å². The van der Waals surface area contributed by atoms with Crippen molar-refractivity contribution in [3.8, 4) is 0 Å². The van der Waals surface area contributed by atoms with Crippen molar-refractivity contribution in [2.45, 2.75) is 6.42 Å². The van der Waals surface area contributed by atoms with Crippen molar-refractivity contribution in [3.63, 3.8) is 0 Å². The predicted molar refractivity (Wildman–Crippen MR) is 79.5 cm³/mol. The van der Waals surface area contributed by atoms with Crippen LogP contribution in [0.1, 0.15) is 12.0 Å². The molecule has 18 heavy (non-hydrogen) atoms. The molecule has 1 aromatic carbocycles. The Morgan fingerprint density at radius 3 is 3.06 bits per heavy atom. The maximum Gasteiger partial charge on any atom is 0.106 e. The number of benzene rings is 1. The summed E-state index contributed by atoms with van der Waals surface area (Å²) >= 11 is 11.1. The molecule has 1 fully saturated rings. The van der Waals surface area contributed by atoms with Crippen molar-refractivity contribution in [1.29, 1.82) is 0 Å². The molecule has 1 aromatic rings. The SMILES string of the molecule is COCC1CCN(c2ccc(Cl)cc2C(N)=S)C1. The summed E-state index contributed by atoms with van der Waals surface area (Å²) < 4.78 is 5.21. The zero-order chi connectivity index (χ0) is 13.1. The Hall–Kier alpha value is -0.840. The molecule has 0 amide bonds. The van der Waals surface area contributed by atoms with Gasteiger partial charge >= 0.3 is 0 Å². The van der Waals surface area contributed by atoms with Crippen LogP contribution in [-0.4, -0.2) is 31.8 Å². The fourth-order valence-corrected chi connectivity index (χ4v) is 2.74. The summed E-state index contributed by atoms with van der Waals surface area (Å²) in [5.41, 5.74) is 7.70. The number of halogens is 1. The smallest absolute Gasteiger partial charge is 0.106 e. The Balaban J connectivity index is 2.21. The molecule has 2 N–H and O–H groups in total. The van der Waals surface area contributed by atoms with Crippen LogP contribution in [-0.2, 0) is 4.74 Å². The molecule has 0 aliphatic carbocycles. The van der Waals surface area contributed by atoms with Crippen LogP contribution < -0.4 is 10.6 Å². The van der Waals surface area contributed by atoms with Crippen molar-refractivity contribution in [2.75, 3.05) is 31.7 Å². The van der Waals surface area contributed by atoms with Gasteiger partial charge in [-0.25, -0.2) is 0 Å². The minimum absolute atomic E-state index is 0.391. The highest BCUT2D eigenvalue weighted by molar-refractivity contribution is 7.80. The molecule has 1 saturated heterocycles. The van der Waals surface area contributed by atoms with Crippen molar-refractivity contribution < 1.29 is 4.74 Å². The molecule has 0 spiro atoms. The lowest BCUT2D eigenvalue weighted by Crippen LogP contribution is -2.24. The Kier molecular flexibility index (Phi) is 4.43. The number of nitrogens with two attached hydrogens (primary N) is 1. The van der Waals surface area contributed by atoms with Gasteiger partial charge in [-0.1, -0.05) is 23.8 Å². The van der Waals surface area contributed by atoms with Gasteiger partial charge in [0.15, 0.2) is 0 Å². The van der Waals surface area contributed by atoms with E-state index in [0.717, 1.165) is 37.4 Å². The van der Waals surface area contributed by atoms with Crippen LogP contribution in [0.15, 0.2) is 18.2 Å². The van der Waals surface area contributed by atoms with E-state index in [4.69, 9.17) is 34.3 Å². The van der Waals surface area contributed by atoms with Crippen molar-refractivity contribution in [3.05, 3.63) is 28.8 Å². The summed E-state index contributed by atoms with van der Waals surface area (Å²) in [6.45, 7) is 2.78. The highest BCUT2D eigenvalue weighted by atomic mass is 35.5. The number of hydrogen-bond donors (Lipinski definition) is 1. The van der Waals surface area contributed by atoms with Gasteiger partial charge < -0.3 is 15.4 Å². The first-order valence-electron chi connectivity index (χ1n) is 5.95. The standard InChI is InChI=1S/C13H17ClN2OS/c1-17-8-9-4-5-16(7-9)12-3-2-10(14)6-11(12)13(15)18/h2-3,6,9H,4-5,7-8H2,1H3,(H2,15,18). The van der Waals surface area contributed by atoms with Gasteiger partial charge in [0.05, 0.1) is 6.61 Å². The molecule has 0 saturated carbocycles. The average molecular weight is 285 g/mol. The molecule has 2 rings (SSSR count). The summed E-state index contributed by atoms with van der Waals surface area (Å²) in [7, 11) is 1.74. The molecular formula is C13H17ClN2OS. The molecule has 0 radical (unpaired) electrons. The first-order valence-corrected chi connectivity index (χ1v) is 6.73. The Morgan fingerprint density at radius 2 is 2.39 bits per heavy atom. The first kappa shape index (κ1) is 13.6. The van der Waals surface area contributed by atoms with Crippen molar-refractivity contribution >= 4 is 34.5 Å². The fourth-order valence-electron chi connectivity index (χ4n) is 2.40. The number of ether oxygens (including phenoxy) is 1. The summed E-state index contributed by atoms with van der Waals surface area (Å²) in [4.78, 5) is 2.69. The summed E-state index contributed by atoms with van der Waals surface area (Å²) in [5, 5.41) is 0.661. The zero-order valence-electron chi connectivity index (χ0n) is 10.4. The van der Waals surface area contributed by atoms with E-state index in [1.165, 1.54) is 0 Å². The van der Waals surface area contributed by atoms with Gasteiger partial charge in [-0.05, 0) is 24.6 Å². The zero-order valence-corrected chi connectivity index (χ0v) is 11.9. The van der Waals surface area contributed by atoms with Crippen LogP contribution in [0, 0.1) is 5.92 Å². The van der Waals surface area contributed by atoms with E-state index in [0.29, 0.717) is 15.9 Å². The lowest BCUT2D eigenvalue weighted by molar-refractivity contribution is 0.161. The minimum Gasteiger partial charge on any atom is -0.389 e. The second-order valence-corrected chi connectivity index (χ2v) is 5.46. The Labute approximate surface area is 118 Å². The fraction of sp³-hybridized carbons (Fsp3) is 0.462. The van der Waals surface area contributed by atoms with Crippen LogP contribution in [0.4, 0.5) is 5.69 Å². The maximum absolute atomic E-state index is 5.99. The van der Waals surface area contributed by atoms with E-state index in [2.05, 4.69) is 4.90 Å². The van der Waals surface area contributed by atoms with Gasteiger partial charge in [0.1, 0.15) is 4.99 Å². The molecule has 5 heteroatoms. The van der Waals surface area contributed by atoms with E-state index in [1.54, 1.807) is 7.11 Å². The van der Waals surface area contributed by atoms with Gasteiger partial charge in [0, 0.05) is 42.4 Å². The molecule has 0 aromatic heterocycles. The Morgan fingerprint density at radius 1 is 1.61 bits per heavy atom. The normalized spacial score (nSPS) is 19.2. The van der Waals surface area contributed by atoms with Crippen LogP contribution in [0.5, 0.6) is 0 Å². The molecule has 3 nitrogen and oxygen atoms in total. The van der Waals surface area contributed by atoms with E-state index in [1.807, 2.05) is 18.2 Å². The maximum atomic E-state index is 5.99. The average Bonchev–Trinajstić information content (AvgIpc) is 2.78. The third-order valence-corrected chi connectivity index (χ3v) is 3.71. The number of methoxy groups -OCH3 is 1. The topological polar surface area (TPSA) is 38.5 Å². The highest BCUT2D eigenvalue weighted by Crippen LogP contribution is 2.29. The summed E-state index contributed by atoms with van der Waals surface area (Å²) in [5.74, 6) is 0.574. The quantitative estimate of drug-likeness (QED) is 0.862. The molecule has 0 bridgehead atoms. The lowest BCUT2D eigenvalue weighted by atomic mass is 10.1. The number of anilines is 1. The Bertz CT molecular complexity index is 453. The summed E-state index contributed by atoms with van der Waals surface area (Å²) in [6, 6.07) is 5.71. The molecule has 1 heterocycles. The molecule has 98 valence electrons. The van der Waals surface area contributed by atoms with Crippen LogP contribution in [0.25, 0.3) is 0 Å². The van der Waals surface area contributed by atoms with E-state index in [9.17, 15) is 0 Å². The largest absolute Gasteiger partial charge is 0.389 e. The van der Waals surface area contributed by atoms with E-state index >= 15 is 0 Å². The van der Waals surface area contributed by atoms with E-state index in [-0.39, 0.29) is 0 Å². The van der Waals surface area contributed by atoms with Gasteiger partial charge in [0.25, 0.3) is 0 Å². The van der Waals surface area contributed by atoms with E-state index < -0.39 is 0 Å². The third kappa shape index (κ3) is 2.94. The van der Waals surface area contributed by atoms with Gasteiger partial charge in [0.2, 0.25) is 0 Å². The molecule has 1 unspecified atom stereocenters. The number of nitrogens with zero attached hydrogens (tertiary/aromatic N) is 1. The third-order valence-electron chi connectivity index (χ3n) is 3.25. The van der Waals surface area contributed by atoms with Crippen LogP contribution in [0.3, 0.4) is 0 Å². The lowest BCUT2D eigenvalue weighted by Gasteiger charge is -2.22. The molecule has 1 aliphatic heterocycles. The number of thiocarbonyl (C=S) groups is 1. The van der Waals surface area contributed by atoms with Crippen molar-refractivity contribution in [2.24, 2.45) is 11.7 Å². The summed E-state index contributed by atoms with van der Waals surface area (Å²) in [6.07, 6.45) is 1.13. The second kappa shape index (κ2) is 5.87. The number of hydrogen-bond acceptors (Lipinski definition) is 3. The second-order valence-electron chi connectivity index (χ2n) is 4.58. The molecule has 1 aliphatic rings. The first-order chi connectivity index (χ1) is 8.61. The van der Waals surface area contributed by atoms with Gasteiger partial charge in [-0.15, -0.1) is 0 Å². The van der Waals surface area contributed by atoms with Gasteiger partial charge in [-0.2, -0.15) is 0 Å². The monoisotopic (exact) mass is 284 g/mol. The van der Waals surface area contributed by atoms with Gasteiger partial charge in [-0.3, -0.25) is 0 Å². The van der Waals surface area contributed by atoms with Crippen LogP contribution >= 0.6 is 23.8 Å². The van der Waals surface area contributed by atoms with Crippen molar-refractivity contribution in [1.82, 2.24) is 0 Å². The minimum atomic E-state index is 0.391. The molecule has 1 atom stereocenters. The number of rotatable bonds is 4. The molecular weight excluding hydrogens is 268 g/mol. The highest BCUT2D eigenvalue weighted by Gasteiger charge is 2.24. The predicted octanol–water partition coefficient (Wildman–Crippen LogP) is 2.45.